The van der Waals surface area contributed by atoms with Gasteiger partial charge in [-0.3, -0.25) is 33.6 Å². The number of fused-ring (bicyclic) bond motifs is 1. The van der Waals surface area contributed by atoms with Gasteiger partial charge in [0.15, 0.2) is 23.1 Å². The van der Waals surface area contributed by atoms with Crippen LogP contribution in [0.15, 0.2) is 91.1 Å². The minimum atomic E-state index is -1.38. The van der Waals surface area contributed by atoms with Gasteiger partial charge in [-0.05, 0) is 81.7 Å². The van der Waals surface area contributed by atoms with E-state index in [-0.39, 0.29) is 62.2 Å². The summed E-state index contributed by atoms with van der Waals surface area (Å²) < 4.78 is 0. The molecule has 3 amide bonds. The molecule has 2 heterocycles. The molecule has 1 fully saturated rings. The number of carbonyl (C=O) groups is 7. The van der Waals surface area contributed by atoms with E-state index in [9.17, 15) is 48.9 Å². The number of hydrogen-bond acceptors (Lipinski definition) is 14. The number of nitrogens with one attached hydrogen (secondary N) is 4. The van der Waals surface area contributed by atoms with Crippen LogP contribution < -0.4 is 27.4 Å². The zero-order chi connectivity index (χ0) is 51.5. The third kappa shape index (κ3) is 17.5. The predicted molar refractivity (Wildman–Crippen MR) is 277 cm³/mol. The minimum absolute atomic E-state index is 0.0102. The molecule has 1 aliphatic rings. The van der Waals surface area contributed by atoms with E-state index in [1.54, 1.807) is 6.20 Å². The lowest BCUT2D eigenvalue weighted by atomic mass is 9.88. The lowest BCUT2D eigenvalue weighted by Crippen LogP contribution is -2.51. The Bertz CT molecular complexity index is 2380. The molecule has 3 aromatic carbocycles. The van der Waals surface area contributed by atoms with Crippen LogP contribution in [0.25, 0.3) is 10.9 Å². The monoisotopic (exact) mass is 1010 g/mol. The molecule has 0 unspecified atom stereocenters. The van der Waals surface area contributed by atoms with Gasteiger partial charge in [0.25, 0.3) is 0 Å². The highest BCUT2D eigenvalue weighted by Crippen LogP contribution is 2.29. The summed E-state index contributed by atoms with van der Waals surface area (Å²) in [5, 5.41) is 40.7. The first kappa shape index (κ1) is 56.7. The van der Waals surface area contributed by atoms with Crippen molar-refractivity contribution in [2.45, 2.75) is 114 Å². The lowest BCUT2D eigenvalue weighted by molar-refractivity contribution is -0.137. The molecule has 1 aromatic heterocycles. The molecule has 1 aliphatic heterocycles. The number of aromatic nitrogens is 1. The highest BCUT2D eigenvalue weighted by atomic mass is 33.1. The van der Waals surface area contributed by atoms with Crippen LogP contribution in [0, 0.1) is 23.7 Å². The molecule has 0 aliphatic carbocycles. The number of nitrogens with two attached hydrogens (primary N) is 2. The van der Waals surface area contributed by atoms with Crippen LogP contribution >= 0.6 is 21.6 Å². The van der Waals surface area contributed by atoms with E-state index in [0.29, 0.717) is 19.4 Å². The molecule has 16 nitrogen and oxygen atoms in total. The second-order valence-electron chi connectivity index (χ2n) is 18.7. The molecular formula is C53H70N6O10S2. The van der Waals surface area contributed by atoms with Crippen molar-refractivity contribution in [3.8, 4) is 0 Å². The molecule has 11 N–H and O–H groups in total. The number of ketones is 4. The van der Waals surface area contributed by atoms with Crippen LogP contribution in [0.3, 0.4) is 0 Å². The summed E-state index contributed by atoms with van der Waals surface area (Å²) in [7, 11) is 2.29. The van der Waals surface area contributed by atoms with Crippen molar-refractivity contribution in [1.82, 2.24) is 20.9 Å². The summed E-state index contributed by atoms with van der Waals surface area (Å²) in [6.45, 7) is 2.58. The summed E-state index contributed by atoms with van der Waals surface area (Å²) >= 11 is 0. The van der Waals surface area contributed by atoms with Gasteiger partial charge in [0, 0.05) is 72.7 Å². The number of unbranched alkanes of at least 4 members (excludes halogenated alkanes) is 1. The third-order valence-corrected chi connectivity index (χ3v) is 15.6. The maximum Gasteiger partial charge on any atom is 0.226 e. The number of hydrogen-bond donors (Lipinski definition) is 9. The summed E-state index contributed by atoms with van der Waals surface area (Å²) in [5.41, 5.74) is 15.4. The SMILES string of the molecule is C[C@@H](O)[C@@H](CO)CC(=O)[C@@H]1CSSC[C@H](CC(=O)[C@H](N)Cc2ccccc2)C(=O)N[C@@H](Cc2ccccc2)C(=O)C[C@H](Cc2c[nH]c3ccccc23)C(=O)N[C@@H](CCCCN)C(=O)C[C@@H]([C@@H](C)O)C(=O)N1. The Morgan fingerprint density at radius 1 is 0.732 bits per heavy atom. The summed E-state index contributed by atoms with van der Waals surface area (Å²) in [4.78, 5) is 104. The maximum absolute atomic E-state index is 14.9. The third-order valence-electron chi connectivity index (χ3n) is 13.1. The Kier molecular flexibility index (Phi) is 22.9. The Morgan fingerprint density at radius 3 is 2.01 bits per heavy atom. The van der Waals surface area contributed by atoms with Crippen molar-refractivity contribution in [2.24, 2.45) is 35.1 Å². The molecule has 0 bridgehead atoms. The fourth-order valence-electron chi connectivity index (χ4n) is 8.66. The number of Topliss-reactive ketones (excluding diaryl/α,β-unsaturated/α-hetero) is 4. The lowest BCUT2D eigenvalue weighted by Gasteiger charge is -2.28. The average Bonchev–Trinajstić information content (AvgIpc) is 3.76. The molecule has 71 heavy (non-hydrogen) atoms. The van der Waals surface area contributed by atoms with E-state index < -0.39 is 108 Å². The van der Waals surface area contributed by atoms with E-state index in [1.807, 2.05) is 84.9 Å². The van der Waals surface area contributed by atoms with Crippen LogP contribution in [0.5, 0.6) is 0 Å². The first-order valence-corrected chi connectivity index (χ1v) is 26.9. The van der Waals surface area contributed by atoms with Gasteiger partial charge in [0.1, 0.15) is 0 Å². The fourth-order valence-corrected chi connectivity index (χ4v) is 11.2. The molecule has 384 valence electrons. The van der Waals surface area contributed by atoms with Crippen LogP contribution in [0.4, 0.5) is 0 Å². The number of aliphatic hydroxyl groups excluding tert-OH is 3. The van der Waals surface area contributed by atoms with Crippen molar-refractivity contribution in [3.63, 3.8) is 0 Å². The molecule has 0 spiro atoms. The molecule has 0 radical (unpaired) electrons. The van der Waals surface area contributed by atoms with E-state index in [2.05, 4.69) is 20.9 Å². The number of para-hydroxylation sites is 1. The molecule has 10 atom stereocenters. The van der Waals surface area contributed by atoms with Crippen molar-refractivity contribution in [3.05, 3.63) is 108 Å². The predicted octanol–water partition coefficient (Wildman–Crippen LogP) is 3.56. The average molecular weight is 1020 g/mol. The van der Waals surface area contributed by atoms with Crippen molar-refractivity contribution in [1.29, 1.82) is 0 Å². The summed E-state index contributed by atoms with van der Waals surface area (Å²) in [5.74, 6) is -8.31. The van der Waals surface area contributed by atoms with Crippen LogP contribution in [0.1, 0.15) is 75.5 Å². The summed E-state index contributed by atoms with van der Waals surface area (Å²) in [6, 6.07) is 21.3. The van der Waals surface area contributed by atoms with Gasteiger partial charge in [-0.2, -0.15) is 0 Å². The van der Waals surface area contributed by atoms with E-state index >= 15 is 0 Å². The quantitative estimate of drug-likeness (QED) is 0.0480. The number of amides is 3. The molecule has 5 rings (SSSR count). The smallest absolute Gasteiger partial charge is 0.226 e. The second kappa shape index (κ2) is 28.7. The van der Waals surface area contributed by atoms with Gasteiger partial charge < -0.3 is 47.7 Å². The minimum Gasteiger partial charge on any atom is -0.396 e. The van der Waals surface area contributed by atoms with Gasteiger partial charge in [-0.25, -0.2) is 0 Å². The van der Waals surface area contributed by atoms with Gasteiger partial charge >= 0.3 is 0 Å². The molecule has 4 aromatic rings. The first-order chi connectivity index (χ1) is 34.1. The highest BCUT2D eigenvalue weighted by molar-refractivity contribution is 8.76. The number of carbonyl (C=O) groups excluding carboxylic acids is 7. The fraction of sp³-hybridized carbons (Fsp3) is 0.491. The number of rotatable bonds is 19. The van der Waals surface area contributed by atoms with Crippen LogP contribution in [0.2, 0.25) is 0 Å². The van der Waals surface area contributed by atoms with Crippen LogP contribution in [-0.2, 0) is 52.8 Å². The van der Waals surface area contributed by atoms with Gasteiger partial charge in [0.2, 0.25) is 17.7 Å². The van der Waals surface area contributed by atoms with E-state index in [0.717, 1.165) is 49.2 Å². The summed E-state index contributed by atoms with van der Waals surface area (Å²) in [6.07, 6.45) is -0.673. The Labute approximate surface area is 423 Å². The normalized spacial score (nSPS) is 23.2. The topological polar surface area (TPSA) is 284 Å². The standard InChI is InChI=1S/C53H70N6O10S2/c1-32(61)38(29-60)25-49(65)46-31-71-70-30-39(26-47(63)42(55)21-34-13-5-3-6-14-34)52(68)58-45(22-35-15-7-4-8-16-35)48(64)24-36(23-37-28-56-43-18-10-9-17-40(37)43)51(67)57-44(19-11-12-20-54)50(66)27-41(33(2)62)53(69)59-46/h3-10,13-18,28,32-33,36,38-39,41-42,44-46,56,60-62H,11-12,19-27,29-31,54-55H2,1-2H3,(H,57,67)(H,58,68)(H,59,69)/t32-,33-,36+,38-,39+,41+,42-,44+,45+,46+/m1/s1. The number of aromatic amines is 1. The Hall–Kier alpha value is -5.21. The zero-order valence-corrected chi connectivity index (χ0v) is 42.1. The largest absolute Gasteiger partial charge is 0.396 e. The van der Waals surface area contributed by atoms with Crippen molar-refractivity contribution >= 4 is 73.3 Å². The van der Waals surface area contributed by atoms with Gasteiger partial charge in [-0.1, -0.05) is 100 Å². The van der Waals surface area contributed by atoms with E-state index in [1.165, 1.54) is 13.8 Å². The van der Waals surface area contributed by atoms with Crippen molar-refractivity contribution in [2.75, 3.05) is 24.7 Å². The number of aliphatic hydroxyl groups is 3. The second-order valence-corrected chi connectivity index (χ2v) is 21.2. The molecule has 0 saturated carbocycles. The Balaban J connectivity index is 1.56. The number of benzene rings is 3. The highest BCUT2D eigenvalue weighted by Gasteiger charge is 2.37. The van der Waals surface area contributed by atoms with E-state index in [4.69, 9.17) is 11.5 Å². The molecule has 18 heteroatoms. The van der Waals surface area contributed by atoms with Crippen molar-refractivity contribution < 1.29 is 48.9 Å². The molecular weight excluding hydrogens is 945 g/mol. The maximum atomic E-state index is 14.9. The zero-order valence-electron chi connectivity index (χ0n) is 40.5. The van der Waals surface area contributed by atoms with Gasteiger partial charge in [0.05, 0.1) is 48.2 Å². The van der Waals surface area contributed by atoms with Gasteiger partial charge in [-0.15, -0.1) is 0 Å². The van der Waals surface area contributed by atoms with Crippen LogP contribution in [-0.4, -0.2) is 122 Å². The Morgan fingerprint density at radius 2 is 1.35 bits per heavy atom. The first-order valence-electron chi connectivity index (χ1n) is 24.4. The number of H-pyrrole nitrogens is 1. The molecule has 1 saturated heterocycles.